The van der Waals surface area contributed by atoms with Crippen LogP contribution in [0.15, 0.2) is 54.6 Å². The molecule has 4 nitrogen and oxygen atoms in total. The van der Waals surface area contributed by atoms with Gasteiger partial charge in [-0.15, -0.1) is 11.8 Å². The van der Waals surface area contributed by atoms with Gasteiger partial charge in [-0.05, 0) is 44.0 Å². The van der Waals surface area contributed by atoms with E-state index in [-0.39, 0.29) is 11.2 Å². The maximum absolute atomic E-state index is 12.3. The number of anilines is 1. The molecule has 0 bridgehead atoms. The van der Waals surface area contributed by atoms with E-state index in [2.05, 4.69) is 5.32 Å². The van der Waals surface area contributed by atoms with Crippen molar-refractivity contribution in [1.82, 2.24) is 0 Å². The summed E-state index contributed by atoms with van der Waals surface area (Å²) in [6.07, 6.45) is 0. The molecule has 132 valence electrons. The Kier molecular flexibility index (Phi) is 6.26. The van der Waals surface area contributed by atoms with Crippen LogP contribution in [0.1, 0.15) is 31.9 Å². The Hall–Kier alpha value is -2.27. The zero-order chi connectivity index (χ0) is 18.4. The van der Waals surface area contributed by atoms with Gasteiger partial charge >= 0.3 is 5.97 Å². The van der Waals surface area contributed by atoms with Gasteiger partial charge in [0.1, 0.15) is 0 Å². The third kappa shape index (κ3) is 5.10. The fourth-order valence-electron chi connectivity index (χ4n) is 2.21. The van der Waals surface area contributed by atoms with E-state index in [0.717, 1.165) is 5.75 Å². The first kappa shape index (κ1) is 19.1. The zero-order valence-corrected chi connectivity index (χ0v) is 15.5. The van der Waals surface area contributed by atoms with E-state index in [4.69, 9.17) is 0 Å². The largest absolute Gasteiger partial charge is 0.481 e. The van der Waals surface area contributed by atoms with Crippen LogP contribution in [0.3, 0.4) is 0 Å². The quantitative estimate of drug-likeness (QED) is 0.775. The molecule has 0 saturated carbocycles. The summed E-state index contributed by atoms with van der Waals surface area (Å²) in [5, 5.41) is 12.0. The smallest absolute Gasteiger partial charge is 0.313 e. The molecule has 0 aliphatic carbocycles. The van der Waals surface area contributed by atoms with Gasteiger partial charge in [0.05, 0.1) is 10.7 Å². The number of carboxylic acid groups (broad SMARTS) is 1. The van der Waals surface area contributed by atoms with E-state index < -0.39 is 11.4 Å². The normalized spacial score (nSPS) is 12.4. The number of aliphatic carboxylic acids is 1. The standard InChI is InChI=1S/C20H23NO3S/c1-14(25-13-15-7-5-4-6-8-15)18(22)21-17-11-9-16(10-12-17)20(2,3)19(23)24/h4-12,14H,13H2,1-3H3,(H,21,22)(H,23,24). The monoisotopic (exact) mass is 357 g/mol. The Morgan fingerprint density at radius 2 is 1.68 bits per heavy atom. The van der Waals surface area contributed by atoms with Crippen molar-refractivity contribution in [1.29, 1.82) is 0 Å². The molecule has 2 rings (SSSR count). The van der Waals surface area contributed by atoms with Crippen LogP contribution >= 0.6 is 11.8 Å². The molecule has 25 heavy (non-hydrogen) atoms. The van der Waals surface area contributed by atoms with Crippen molar-refractivity contribution >= 4 is 29.3 Å². The Labute approximate surface area is 152 Å². The molecule has 0 aromatic heterocycles. The molecule has 0 aliphatic heterocycles. The molecule has 2 N–H and O–H groups in total. The Bertz CT molecular complexity index is 726. The van der Waals surface area contributed by atoms with E-state index in [1.54, 1.807) is 49.9 Å². The molecular weight excluding hydrogens is 334 g/mol. The molecule has 1 unspecified atom stereocenters. The molecule has 0 saturated heterocycles. The molecule has 5 heteroatoms. The fourth-order valence-corrected chi connectivity index (χ4v) is 3.05. The lowest BCUT2D eigenvalue weighted by atomic mass is 9.85. The van der Waals surface area contributed by atoms with Gasteiger partial charge in [0.2, 0.25) is 5.91 Å². The van der Waals surface area contributed by atoms with Gasteiger partial charge in [0.25, 0.3) is 0 Å². The van der Waals surface area contributed by atoms with Crippen LogP contribution in [0, 0.1) is 0 Å². The number of carbonyl (C=O) groups is 2. The Morgan fingerprint density at radius 3 is 2.24 bits per heavy atom. The lowest BCUT2D eigenvalue weighted by molar-refractivity contribution is -0.142. The van der Waals surface area contributed by atoms with E-state index in [1.807, 2.05) is 37.3 Å². The third-order valence-electron chi connectivity index (χ3n) is 4.12. The van der Waals surface area contributed by atoms with Gasteiger partial charge < -0.3 is 10.4 Å². The van der Waals surface area contributed by atoms with Crippen LogP contribution < -0.4 is 5.32 Å². The summed E-state index contributed by atoms with van der Waals surface area (Å²) in [5.41, 5.74) is 1.60. The minimum absolute atomic E-state index is 0.0637. The summed E-state index contributed by atoms with van der Waals surface area (Å²) in [6, 6.07) is 17.0. The number of carboxylic acids is 1. The molecule has 0 spiro atoms. The lowest BCUT2D eigenvalue weighted by Crippen LogP contribution is -2.28. The van der Waals surface area contributed by atoms with E-state index in [9.17, 15) is 14.7 Å². The fraction of sp³-hybridized carbons (Fsp3) is 0.300. The van der Waals surface area contributed by atoms with Crippen molar-refractivity contribution < 1.29 is 14.7 Å². The first-order chi connectivity index (χ1) is 11.8. The van der Waals surface area contributed by atoms with Crippen LogP contribution in [0.4, 0.5) is 5.69 Å². The molecule has 2 aromatic rings. The second-order valence-corrected chi connectivity index (χ2v) is 7.76. The van der Waals surface area contributed by atoms with Crippen LogP contribution in [-0.2, 0) is 20.8 Å². The van der Waals surface area contributed by atoms with Crippen LogP contribution in [0.2, 0.25) is 0 Å². The maximum Gasteiger partial charge on any atom is 0.313 e. The summed E-state index contributed by atoms with van der Waals surface area (Å²) in [7, 11) is 0. The van der Waals surface area contributed by atoms with Crippen molar-refractivity contribution in [2.45, 2.75) is 37.2 Å². The predicted octanol–water partition coefficient (Wildman–Crippen LogP) is 4.31. The second kappa shape index (κ2) is 8.21. The summed E-state index contributed by atoms with van der Waals surface area (Å²) >= 11 is 1.58. The van der Waals surface area contributed by atoms with Crippen LogP contribution in [0.25, 0.3) is 0 Å². The molecule has 1 amide bonds. The van der Waals surface area contributed by atoms with Crippen molar-refractivity contribution in [3.05, 3.63) is 65.7 Å². The van der Waals surface area contributed by atoms with Crippen LogP contribution in [0.5, 0.6) is 0 Å². The number of hydrogen-bond donors (Lipinski definition) is 2. The number of thioether (sulfide) groups is 1. The average Bonchev–Trinajstić information content (AvgIpc) is 2.60. The van der Waals surface area contributed by atoms with Crippen molar-refractivity contribution in [3.8, 4) is 0 Å². The van der Waals surface area contributed by atoms with Gasteiger partial charge in [-0.2, -0.15) is 0 Å². The molecule has 0 aliphatic rings. The first-order valence-electron chi connectivity index (χ1n) is 8.11. The molecule has 2 aromatic carbocycles. The molecule has 1 atom stereocenters. The van der Waals surface area contributed by atoms with Gasteiger partial charge in [0.15, 0.2) is 0 Å². The van der Waals surface area contributed by atoms with Crippen molar-refractivity contribution in [2.24, 2.45) is 0 Å². The van der Waals surface area contributed by atoms with Crippen molar-refractivity contribution in [3.63, 3.8) is 0 Å². The number of amides is 1. The number of hydrogen-bond acceptors (Lipinski definition) is 3. The highest BCUT2D eigenvalue weighted by molar-refractivity contribution is 7.99. The third-order valence-corrected chi connectivity index (χ3v) is 5.33. The van der Waals surface area contributed by atoms with E-state index >= 15 is 0 Å². The lowest BCUT2D eigenvalue weighted by Gasteiger charge is -2.20. The van der Waals surface area contributed by atoms with Gasteiger partial charge in [-0.25, -0.2) is 0 Å². The van der Waals surface area contributed by atoms with Crippen molar-refractivity contribution in [2.75, 3.05) is 5.32 Å². The Morgan fingerprint density at radius 1 is 1.08 bits per heavy atom. The topological polar surface area (TPSA) is 66.4 Å². The highest BCUT2D eigenvalue weighted by Gasteiger charge is 2.29. The summed E-state index contributed by atoms with van der Waals surface area (Å²) < 4.78 is 0. The minimum atomic E-state index is -0.957. The predicted molar refractivity (Wildman–Crippen MR) is 103 cm³/mol. The maximum atomic E-state index is 12.3. The molecule has 0 radical (unpaired) electrons. The highest BCUT2D eigenvalue weighted by Crippen LogP contribution is 2.25. The van der Waals surface area contributed by atoms with E-state index in [0.29, 0.717) is 11.3 Å². The van der Waals surface area contributed by atoms with Gasteiger partial charge in [0, 0.05) is 11.4 Å². The number of rotatable bonds is 7. The minimum Gasteiger partial charge on any atom is -0.481 e. The molecule has 0 heterocycles. The van der Waals surface area contributed by atoms with E-state index in [1.165, 1.54) is 5.56 Å². The van der Waals surface area contributed by atoms with Gasteiger partial charge in [-0.1, -0.05) is 42.5 Å². The zero-order valence-electron chi connectivity index (χ0n) is 14.7. The molecular formula is C20H23NO3S. The molecule has 0 fully saturated rings. The summed E-state index contributed by atoms with van der Waals surface area (Å²) in [5.74, 6) is -0.164. The summed E-state index contributed by atoms with van der Waals surface area (Å²) in [6.45, 7) is 5.20. The average molecular weight is 357 g/mol. The number of benzene rings is 2. The Balaban J connectivity index is 1.92. The number of nitrogens with one attached hydrogen (secondary N) is 1. The number of carbonyl (C=O) groups excluding carboxylic acids is 1. The summed E-state index contributed by atoms with van der Waals surface area (Å²) in [4.78, 5) is 23.6. The first-order valence-corrected chi connectivity index (χ1v) is 9.16. The van der Waals surface area contributed by atoms with Crippen LogP contribution in [-0.4, -0.2) is 22.2 Å². The SMILES string of the molecule is CC(SCc1ccccc1)C(=O)Nc1ccc(C(C)(C)C(=O)O)cc1. The van der Waals surface area contributed by atoms with Gasteiger partial charge in [-0.3, -0.25) is 9.59 Å². The second-order valence-electron chi connectivity index (χ2n) is 6.44. The highest BCUT2D eigenvalue weighted by atomic mass is 32.2.